The van der Waals surface area contributed by atoms with E-state index in [0.717, 1.165) is 50.9 Å². The maximum atomic E-state index is 13.7. The van der Waals surface area contributed by atoms with Crippen molar-refractivity contribution in [3.8, 4) is 0 Å². The summed E-state index contributed by atoms with van der Waals surface area (Å²) in [5.41, 5.74) is 16.1. The number of aromatic nitrogens is 2. The largest absolute Gasteiger partial charge is 0.481 e. The van der Waals surface area contributed by atoms with Crippen LogP contribution in [-0.4, -0.2) is 113 Å². The Balaban J connectivity index is 0.000000151. The number of fused-ring (bicyclic) bond motifs is 4. The van der Waals surface area contributed by atoms with E-state index in [0.29, 0.717) is 41.4 Å². The lowest BCUT2D eigenvalue weighted by Gasteiger charge is -2.36. The van der Waals surface area contributed by atoms with Crippen molar-refractivity contribution in [3.63, 3.8) is 0 Å². The van der Waals surface area contributed by atoms with Crippen molar-refractivity contribution in [2.45, 2.75) is 150 Å². The van der Waals surface area contributed by atoms with Gasteiger partial charge in [-0.05, 0) is 184 Å². The van der Waals surface area contributed by atoms with E-state index in [1.54, 1.807) is 48.0 Å². The van der Waals surface area contributed by atoms with Crippen LogP contribution in [0.4, 0.5) is 0 Å². The van der Waals surface area contributed by atoms with E-state index in [4.69, 9.17) is 28.9 Å². The second kappa shape index (κ2) is 26.5. The summed E-state index contributed by atoms with van der Waals surface area (Å²) in [5, 5.41) is 13.1. The zero-order valence-corrected chi connectivity index (χ0v) is 49.2. The Hall–Kier alpha value is -5.34. The van der Waals surface area contributed by atoms with Gasteiger partial charge in [0.1, 0.15) is 0 Å². The van der Waals surface area contributed by atoms with Gasteiger partial charge in [0, 0.05) is 91.6 Å². The van der Waals surface area contributed by atoms with E-state index in [2.05, 4.69) is 51.5 Å². The molecule has 6 aromatic rings. The first kappa shape index (κ1) is 58.8. The van der Waals surface area contributed by atoms with Gasteiger partial charge in [0.15, 0.2) is 0 Å². The van der Waals surface area contributed by atoms with Gasteiger partial charge in [-0.15, -0.1) is 0 Å². The Labute approximate surface area is 488 Å². The van der Waals surface area contributed by atoms with E-state index < -0.39 is 38.1 Å². The number of aryl methyl sites for hydroxylation is 2. The van der Waals surface area contributed by atoms with E-state index in [9.17, 15) is 31.5 Å². The van der Waals surface area contributed by atoms with Crippen LogP contribution in [0, 0.1) is 0 Å². The molecule has 2 aromatic heterocycles. The highest BCUT2D eigenvalue weighted by atomic mass is 35.5. The van der Waals surface area contributed by atoms with Crippen LogP contribution in [-0.2, 0) is 81.5 Å². The number of nitrogens with one attached hydrogen (secondary N) is 1. The predicted molar refractivity (Wildman–Crippen MR) is 317 cm³/mol. The highest BCUT2D eigenvalue weighted by molar-refractivity contribution is 7.89. The molecule has 0 radical (unpaired) electrons. The summed E-state index contributed by atoms with van der Waals surface area (Å²) in [6.45, 7) is 8.63. The third-order valence-corrected chi connectivity index (χ3v) is 21.2. The summed E-state index contributed by atoms with van der Waals surface area (Å²) in [7, 11) is -7.66. The lowest BCUT2D eigenvalue weighted by molar-refractivity contribution is -0.138. The first-order chi connectivity index (χ1) is 39.1. The quantitative estimate of drug-likeness (QED) is 0.101. The van der Waals surface area contributed by atoms with E-state index in [1.807, 2.05) is 33.7 Å². The molecule has 2 aliphatic carbocycles. The molecule has 12 rings (SSSR count). The molecule has 81 heavy (non-hydrogen) atoms. The molecule has 1 amide bonds. The van der Waals surface area contributed by atoms with Crippen LogP contribution in [0.5, 0.6) is 0 Å². The van der Waals surface area contributed by atoms with Gasteiger partial charge in [-0.2, -0.15) is 8.61 Å². The average molecular weight is 1180 g/mol. The van der Waals surface area contributed by atoms with Crippen molar-refractivity contribution in [3.05, 3.63) is 176 Å². The van der Waals surface area contributed by atoms with Gasteiger partial charge in [0.25, 0.3) is 0 Å². The van der Waals surface area contributed by atoms with Crippen molar-refractivity contribution < 1.29 is 31.5 Å². The number of benzene rings is 4. The minimum atomic E-state index is -3.84. The number of rotatable bonds is 13. The normalized spacial score (nSPS) is 21.6. The highest BCUT2D eigenvalue weighted by Gasteiger charge is 2.40. The number of amides is 1. The van der Waals surface area contributed by atoms with E-state index in [-0.39, 0.29) is 41.1 Å². The maximum absolute atomic E-state index is 13.7. The molecule has 4 aliphatic heterocycles. The SMILES string of the molecule is NC1CCc2cc(CN3CCCCC3)ccc2C1.O=C(CC1c2cccn2CCN1S(=O)(=O)c1cccc(Cl)c1)NC1CCc2cc(CN3CCCCC3)ccc2C1.O=C(O)CC1c2cccn2CCN1S(=O)(=O)c1cccc(Cl)c1. The van der Waals surface area contributed by atoms with E-state index >= 15 is 0 Å². The Morgan fingerprint density at radius 3 is 1.52 bits per heavy atom. The van der Waals surface area contributed by atoms with Crippen molar-refractivity contribution in [1.82, 2.24) is 32.9 Å². The van der Waals surface area contributed by atoms with Gasteiger partial charge in [0.2, 0.25) is 26.0 Å². The summed E-state index contributed by atoms with van der Waals surface area (Å²) in [6.07, 6.45) is 17.7. The molecule has 4 aromatic carbocycles. The molecule has 19 heteroatoms. The van der Waals surface area contributed by atoms with Crippen LogP contribution in [0.15, 0.2) is 131 Å². The number of halogens is 2. The van der Waals surface area contributed by atoms with Crippen molar-refractivity contribution in [1.29, 1.82) is 0 Å². The topological polar surface area (TPSA) is 184 Å². The molecular weight excluding hydrogens is 1100 g/mol. The number of sulfonamides is 2. The van der Waals surface area contributed by atoms with Crippen molar-refractivity contribution >= 4 is 55.1 Å². The summed E-state index contributed by atoms with van der Waals surface area (Å²) >= 11 is 12.0. The number of likely N-dealkylation sites (tertiary alicyclic amines) is 2. The number of aliphatic carboxylic acids is 1. The van der Waals surface area contributed by atoms with E-state index in [1.165, 1.54) is 126 Å². The Morgan fingerprint density at radius 1 is 0.543 bits per heavy atom. The second-order valence-electron chi connectivity index (χ2n) is 22.6. The van der Waals surface area contributed by atoms with Crippen LogP contribution < -0.4 is 11.1 Å². The second-order valence-corrected chi connectivity index (χ2v) is 27.3. The molecule has 0 spiro atoms. The Bertz CT molecular complexity index is 3390. The highest BCUT2D eigenvalue weighted by Crippen LogP contribution is 2.37. The van der Waals surface area contributed by atoms with Crippen LogP contribution >= 0.6 is 23.2 Å². The molecule has 2 saturated heterocycles. The minimum Gasteiger partial charge on any atom is -0.481 e. The fraction of sp³-hybridized carbons (Fsp3) is 0.452. The molecule has 4 unspecified atom stereocenters. The molecule has 0 bridgehead atoms. The molecule has 6 aliphatic rings. The number of carboxylic acids is 1. The van der Waals surface area contributed by atoms with Gasteiger partial charge in [-0.25, -0.2) is 16.8 Å². The summed E-state index contributed by atoms with van der Waals surface area (Å²) in [5.74, 6) is -1.17. The molecule has 0 saturated carbocycles. The molecule has 2 fully saturated rings. The minimum absolute atomic E-state index is 0.0429. The monoisotopic (exact) mass is 1180 g/mol. The van der Waals surface area contributed by atoms with Crippen LogP contribution in [0.1, 0.15) is 121 Å². The third kappa shape index (κ3) is 14.5. The molecule has 4 atom stereocenters. The standard InChI is InChI=1S/C31H37ClN4O3S.C16H24N2.C15H15ClN2O4S/c32-26-6-4-7-28(20-26)40(38,39)36-17-16-35-15-5-8-29(35)30(36)21-31(37)33-27-12-11-24-18-23(9-10-25(24)19-27)22-34-13-2-1-3-14-34;17-16-7-6-14-10-13(4-5-15(14)11-16)12-18-8-2-1-3-9-18;16-11-3-1-4-12(9-11)23(21,22)18-8-7-17-6-2-5-13(17)14(18)10-15(19)20/h4-10,15,18,20,27,30H,1-3,11-14,16-17,19,21-22H2,(H,33,37);4-5,10,16H,1-3,6-9,11-12,17H2;1-6,9,14H,7-8,10H2,(H,19,20). The number of nitrogens with zero attached hydrogens (tertiary/aromatic N) is 6. The van der Waals surface area contributed by atoms with Gasteiger partial charge in [-0.1, -0.05) is 84.6 Å². The first-order valence-corrected chi connectivity index (χ1v) is 32.5. The van der Waals surface area contributed by atoms with Gasteiger partial charge in [-0.3, -0.25) is 19.4 Å². The zero-order chi connectivity index (χ0) is 56.7. The average Bonchev–Trinajstić information content (AvgIpc) is 4.39. The lowest BCUT2D eigenvalue weighted by Crippen LogP contribution is -2.45. The zero-order valence-electron chi connectivity index (χ0n) is 46.1. The number of carboxylic acid groups (broad SMARTS) is 1. The first-order valence-electron chi connectivity index (χ1n) is 28.8. The Kier molecular flexibility index (Phi) is 19.2. The number of nitrogens with two attached hydrogens (primary N) is 1. The number of carbonyl (C=O) groups excluding carboxylic acids is 1. The molecule has 4 N–H and O–H groups in total. The van der Waals surface area contributed by atoms with Crippen molar-refractivity contribution in [2.24, 2.45) is 5.73 Å². The van der Waals surface area contributed by atoms with Gasteiger partial charge < -0.3 is 25.3 Å². The van der Waals surface area contributed by atoms with Gasteiger partial charge in [0.05, 0.1) is 28.3 Å². The molecular formula is C62H76Cl2N8O7S2. The smallest absolute Gasteiger partial charge is 0.305 e. The van der Waals surface area contributed by atoms with Crippen molar-refractivity contribution in [2.75, 3.05) is 39.3 Å². The number of hydrogen-bond acceptors (Lipinski definition) is 9. The number of piperidine rings is 2. The number of hydrogen-bond donors (Lipinski definition) is 3. The molecule has 15 nitrogen and oxygen atoms in total. The van der Waals surface area contributed by atoms with Crippen LogP contribution in [0.25, 0.3) is 0 Å². The Morgan fingerprint density at radius 2 is 1.02 bits per heavy atom. The van der Waals surface area contributed by atoms with Gasteiger partial charge >= 0.3 is 5.97 Å². The maximum Gasteiger partial charge on any atom is 0.305 e. The molecule has 6 heterocycles. The third-order valence-electron chi connectivity index (χ3n) is 16.9. The summed E-state index contributed by atoms with van der Waals surface area (Å²) in [6, 6.07) is 32.7. The van der Waals surface area contributed by atoms with Crippen LogP contribution in [0.2, 0.25) is 10.0 Å². The predicted octanol–water partition coefficient (Wildman–Crippen LogP) is 9.79. The fourth-order valence-corrected chi connectivity index (χ4v) is 16.5. The lowest BCUT2D eigenvalue weighted by atomic mass is 9.87. The summed E-state index contributed by atoms with van der Waals surface area (Å²) in [4.78, 5) is 30.0. The molecule has 432 valence electrons. The fourth-order valence-electron chi connectivity index (χ4n) is 12.7. The summed E-state index contributed by atoms with van der Waals surface area (Å²) < 4.78 is 59.8. The number of carbonyl (C=O) groups is 2. The van der Waals surface area contributed by atoms with Crippen LogP contribution in [0.3, 0.4) is 0 Å².